The van der Waals surface area contributed by atoms with Gasteiger partial charge in [-0.25, -0.2) is 4.98 Å². The fourth-order valence-corrected chi connectivity index (χ4v) is 2.86. The fourth-order valence-electron chi connectivity index (χ4n) is 2.86. The number of likely N-dealkylation sites (N-methyl/N-ethyl adjacent to an activating group) is 1. The smallest absolute Gasteiger partial charge is 0.128 e. The van der Waals surface area contributed by atoms with Gasteiger partial charge in [0, 0.05) is 37.9 Å². The molecular weight excluding hydrogens is 294 g/mol. The van der Waals surface area contributed by atoms with Gasteiger partial charge in [-0.3, -0.25) is 0 Å². The highest BCUT2D eigenvalue weighted by molar-refractivity contribution is 5.64. The Morgan fingerprint density at radius 3 is 2.21 bits per heavy atom. The van der Waals surface area contributed by atoms with Crippen LogP contribution in [-0.4, -0.2) is 43.1 Å². The van der Waals surface area contributed by atoms with Crippen LogP contribution >= 0.6 is 0 Å². The Balaban J connectivity index is 0.00000100. The number of nitrogens with zero attached hydrogens (tertiary/aromatic N) is 3. The minimum atomic E-state index is 0.553. The lowest BCUT2D eigenvalue weighted by Gasteiger charge is -2.33. The van der Waals surface area contributed by atoms with Crippen LogP contribution < -0.4 is 4.90 Å². The van der Waals surface area contributed by atoms with Crippen molar-refractivity contribution in [1.29, 1.82) is 0 Å². The van der Waals surface area contributed by atoms with Crippen LogP contribution in [0.4, 0.5) is 5.82 Å². The number of benzene rings is 1. The Hall–Kier alpha value is -1.87. The van der Waals surface area contributed by atoms with Crippen molar-refractivity contribution in [2.75, 3.05) is 38.1 Å². The summed E-state index contributed by atoms with van der Waals surface area (Å²) in [6.07, 6.45) is 2.01. The second-order valence-corrected chi connectivity index (χ2v) is 6.48. The van der Waals surface area contributed by atoms with Crippen LogP contribution in [0.5, 0.6) is 0 Å². The molecule has 0 N–H and O–H groups in total. The molecule has 0 amide bonds. The number of aromatic nitrogens is 1. The van der Waals surface area contributed by atoms with Gasteiger partial charge in [-0.05, 0) is 36.2 Å². The van der Waals surface area contributed by atoms with Crippen LogP contribution in [0, 0.1) is 0 Å². The van der Waals surface area contributed by atoms with E-state index in [4.69, 9.17) is 0 Å². The zero-order valence-electron chi connectivity index (χ0n) is 15.8. The van der Waals surface area contributed by atoms with E-state index in [1.165, 1.54) is 16.7 Å². The molecule has 1 aromatic heterocycles. The first-order valence-electron chi connectivity index (χ1n) is 9.13. The fraction of sp³-hybridized carbons (Fsp3) is 0.476. The Labute approximate surface area is 147 Å². The molecule has 1 saturated heterocycles. The highest BCUT2D eigenvalue weighted by Gasteiger charge is 2.15. The van der Waals surface area contributed by atoms with E-state index >= 15 is 0 Å². The van der Waals surface area contributed by atoms with Crippen LogP contribution in [0.25, 0.3) is 11.1 Å². The molecule has 130 valence electrons. The molecule has 2 heterocycles. The summed E-state index contributed by atoms with van der Waals surface area (Å²) in [5, 5.41) is 0. The summed E-state index contributed by atoms with van der Waals surface area (Å²) >= 11 is 0. The summed E-state index contributed by atoms with van der Waals surface area (Å²) in [6.45, 7) is 12.8. The SMILES string of the molecule is CC.CC(C)c1cccc(-c2ccc(N3CCN(C)CC3)nc2)c1. The normalized spacial score (nSPS) is 15.2. The monoisotopic (exact) mass is 325 g/mol. The van der Waals surface area contributed by atoms with Crippen LogP contribution in [-0.2, 0) is 0 Å². The lowest BCUT2D eigenvalue weighted by Crippen LogP contribution is -2.44. The molecule has 0 radical (unpaired) electrons. The molecule has 1 aliphatic rings. The summed E-state index contributed by atoms with van der Waals surface area (Å²) < 4.78 is 0. The van der Waals surface area contributed by atoms with Crippen LogP contribution in [0.3, 0.4) is 0 Å². The Morgan fingerprint density at radius 2 is 1.62 bits per heavy atom. The molecule has 1 aromatic carbocycles. The summed E-state index contributed by atoms with van der Waals surface area (Å²) in [4.78, 5) is 9.42. The van der Waals surface area contributed by atoms with Crippen LogP contribution in [0.15, 0.2) is 42.6 Å². The van der Waals surface area contributed by atoms with Crippen LogP contribution in [0.1, 0.15) is 39.2 Å². The molecule has 2 aromatic rings. The first-order chi connectivity index (χ1) is 11.6. The van der Waals surface area contributed by atoms with E-state index in [1.807, 2.05) is 20.0 Å². The minimum Gasteiger partial charge on any atom is -0.354 e. The molecule has 0 bridgehead atoms. The Kier molecular flexibility index (Phi) is 6.80. The summed E-state index contributed by atoms with van der Waals surface area (Å²) in [5.74, 6) is 1.65. The molecule has 0 atom stereocenters. The molecule has 3 heteroatoms. The van der Waals surface area contributed by atoms with E-state index < -0.39 is 0 Å². The molecular formula is C21H31N3. The van der Waals surface area contributed by atoms with Crippen molar-refractivity contribution in [2.45, 2.75) is 33.6 Å². The Bertz CT molecular complexity index is 611. The topological polar surface area (TPSA) is 19.4 Å². The number of hydrogen-bond acceptors (Lipinski definition) is 3. The predicted octanol–water partition coefficient (Wildman–Crippen LogP) is 4.65. The molecule has 0 spiro atoms. The molecule has 0 saturated carbocycles. The van der Waals surface area contributed by atoms with Gasteiger partial charge in [-0.2, -0.15) is 0 Å². The molecule has 3 nitrogen and oxygen atoms in total. The van der Waals surface area contributed by atoms with E-state index in [0.717, 1.165) is 32.0 Å². The number of piperazine rings is 1. The van der Waals surface area contributed by atoms with Gasteiger partial charge < -0.3 is 9.80 Å². The van der Waals surface area contributed by atoms with E-state index in [9.17, 15) is 0 Å². The molecule has 0 aliphatic carbocycles. The molecule has 0 unspecified atom stereocenters. The van der Waals surface area contributed by atoms with Gasteiger partial charge in [0.2, 0.25) is 0 Å². The maximum absolute atomic E-state index is 4.69. The van der Waals surface area contributed by atoms with Gasteiger partial charge >= 0.3 is 0 Å². The van der Waals surface area contributed by atoms with Crippen molar-refractivity contribution in [1.82, 2.24) is 9.88 Å². The quantitative estimate of drug-likeness (QED) is 0.819. The highest BCUT2D eigenvalue weighted by Crippen LogP contribution is 2.25. The maximum atomic E-state index is 4.69. The number of rotatable bonds is 3. The van der Waals surface area contributed by atoms with Crippen molar-refractivity contribution in [2.24, 2.45) is 0 Å². The van der Waals surface area contributed by atoms with E-state index in [-0.39, 0.29) is 0 Å². The van der Waals surface area contributed by atoms with Crippen molar-refractivity contribution in [3.63, 3.8) is 0 Å². The second-order valence-electron chi connectivity index (χ2n) is 6.48. The van der Waals surface area contributed by atoms with Crippen LogP contribution in [0.2, 0.25) is 0 Å². The third-order valence-corrected chi connectivity index (χ3v) is 4.46. The van der Waals surface area contributed by atoms with E-state index in [0.29, 0.717) is 5.92 Å². The van der Waals surface area contributed by atoms with Gasteiger partial charge in [0.15, 0.2) is 0 Å². The third kappa shape index (κ3) is 4.57. The summed E-state index contributed by atoms with van der Waals surface area (Å²) in [6, 6.07) is 13.1. The van der Waals surface area contributed by atoms with Gasteiger partial charge in [-0.1, -0.05) is 52.0 Å². The number of hydrogen-bond donors (Lipinski definition) is 0. The zero-order valence-corrected chi connectivity index (χ0v) is 15.8. The lowest BCUT2D eigenvalue weighted by molar-refractivity contribution is 0.312. The first kappa shape index (κ1) is 18.5. The van der Waals surface area contributed by atoms with Gasteiger partial charge in [0.05, 0.1) is 0 Å². The van der Waals surface area contributed by atoms with Gasteiger partial charge in [-0.15, -0.1) is 0 Å². The Morgan fingerprint density at radius 1 is 0.917 bits per heavy atom. The molecule has 1 aliphatic heterocycles. The summed E-state index contributed by atoms with van der Waals surface area (Å²) in [5.41, 5.74) is 3.82. The molecule has 1 fully saturated rings. The van der Waals surface area contributed by atoms with Crippen molar-refractivity contribution < 1.29 is 0 Å². The average Bonchev–Trinajstić information content (AvgIpc) is 2.64. The van der Waals surface area contributed by atoms with E-state index in [1.54, 1.807) is 0 Å². The van der Waals surface area contributed by atoms with Gasteiger partial charge in [0.25, 0.3) is 0 Å². The lowest BCUT2D eigenvalue weighted by atomic mass is 9.98. The summed E-state index contributed by atoms with van der Waals surface area (Å²) in [7, 11) is 2.18. The van der Waals surface area contributed by atoms with Gasteiger partial charge in [0.1, 0.15) is 5.82 Å². The number of pyridine rings is 1. The maximum Gasteiger partial charge on any atom is 0.128 e. The predicted molar refractivity (Wildman–Crippen MR) is 105 cm³/mol. The van der Waals surface area contributed by atoms with Crippen molar-refractivity contribution >= 4 is 5.82 Å². The van der Waals surface area contributed by atoms with Crippen molar-refractivity contribution in [3.8, 4) is 11.1 Å². The minimum absolute atomic E-state index is 0.553. The highest BCUT2D eigenvalue weighted by atomic mass is 15.3. The van der Waals surface area contributed by atoms with E-state index in [2.05, 4.69) is 72.1 Å². The molecule has 3 rings (SSSR count). The first-order valence-corrected chi connectivity index (χ1v) is 9.13. The van der Waals surface area contributed by atoms with Crippen molar-refractivity contribution in [3.05, 3.63) is 48.2 Å². The standard InChI is InChI=1S/C19H25N3.C2H6/c1-15(2)16-5-4-6-17(13-16)18-7-8-19(20-14-18)22-11-9-21(3)10-12-22;1-2/h4-8,13-15H,9-12H2,1-3H3;1-2H3. The molecule has 24 heavy (non-hydrogen) atoms. The third-order valence-electron chi connectivity index (χ3n) is 4.46. The second kappa shape index (κ2) is 8.84. The number of anilines is 1. The zero-order chi connectivity index (χ0) is 17.5. The largest absolute Gasteiger partial charge is 0.354 e. The average molecular weight is 326 g/mol.